The van der Waals surface area contributed by atoms with Crippen LogP contribution >= 0.6 is 0 Å². The third-order valence-electron chi connectivity index (χ3n) is 5.68. The van der Waals surface area contributed by atoms with Gasteiger partial charge in [-0.3, -0.25) is 9.78 Å². The molecular weight excluding hydrogens is 419 g/mol. The number of rotatable bonds is 4. The van der Waals surface area contributed by atoms with Gasteiger partial charge in [0.1, 0.15) is 17.3 Å². The maximum Gasteiger partial charge on any atom is 0.276 e. The first kappa shape index (κ1) is 21.8. The predicted molar refractivity (Wildman–Crippen MR) is 115 cm³/mol. The highest BCUT2D eigenvalue weighted by Crippen LogP contribution is 2.36. The van der Waals surface area contributed by atoms with Crippen molar-refractivity contribution in [3.05, 3.63) is 71.4 Å². The van der Waals surface area contributed by atoms with E-state index in [2.05, 4.69) is 15.3 Å². The summed E-state index contributed by atoms with van der Waals surface area (Å²) < 4.78 is 42.9. The molecule has 0 unspecified atom stereocenters. The number of halogens is 3. The van der Waals surface area contributed by atoms with Gasteiger partial charge < -0.3 is 16.8 Å². The number of nitrogens with two attached hydrogens (primary N) is 2. The van der Waals surface area contributed by atoms with E-state index < -0.39 is 34.6 Å². The normalized spacial score (nSPS) is 18.4. The molecule has 2 heterocycles. The Morgan fingerprint density at radius 3 is 2.56 bits per heavy atom. The Bertz CT molecular complexity index is 1150. The monoisotopic (exact) mass is 441 g/mol. The minimum Gasteiger partial charge on any atom is -0.397 e. The van der Waals surface area contributed by atoms with Gasteiger partial charge in [0, 0.05) is 18.3 Å². The largest absolute Gasteiger partial charge is 0.397 e. The Labute approximate surface area is 182 Å². The van der Waals surface area contributed by atoms with E-state index in [1.165, 1.54) is 6.20 Å². The van der Waals surface area contributed by atoms with Gasteiger partial charge in [0.2, 0.25) is 0 Å². The maximum absolute atomic E-state index is 14.5. The van der Waals surface area contributed by atoms with Gasteiger partial charge in [0.15, 0.2) is 11.5 Å². The first-order valence-corrected chi connectivity index (χ1v) is 10.3. The number of benzene rings is 1. The molecule has 3 aromatic rings. The second-order valence-electron chi connectivity index (χ2n) is 7.89. The Hall–Kier alpha value is -3.46. The van der Waals surface area contributed by atoms with Crippen LogP contribution < -0.4 is 16.8 Å². The summed E-state index contributed by atoms with van der Waals surface area (Å²) in [6.07, 6.45) is 6.77. The molecule has 1 aliphatic carbocycles. The van der Waals surface area contributed by atoms with Crippen molar-refractivity contribution < 1.29 is 18.0 Å². The van der Waals surface area contributed by atoms with Gasteiger partial charge in [0.25, 0.3) is 5.91 Å². The molecule has 0 aliphatic heterocycles. The molecule has 166 valence electrons. The van der Waals surface area contributed by atoms with E-state index in [-0.39, 0.29) is 23.3 Å². The summed E-state index contributed by atoms with van der Waals surface area (Å²) in [5, 5.41) is 2.71. The molecule has 2 atom stereocenters. The molecule has 5 N–H and O–H groups in total. The number of carbonyl (C=O) groups excluding carboxylic acids is 1. The van der Waals surface area contributed by atoms with Crippen molar-refractivity contribution in [3.8, 4) is 11.3 Å². The molecule has 0 spiro atoms. The third kappa shape index (κ3) is 4.29. The van der Waals surface area contributed by atoms with Crippen molar-refractivity contribution in [1.82, 2.24) is 9.97 Å². The number of carbonyl (C=O) groups is 1. The Kier molecular flexibility index (Phi) is 6.09. The molecule has 0 radical (unpaired) electrons. The third-order valence-corrected chi connectivity index (χ3v) is 5.68. The second-order valence-corrected chi connectivity index (χ2v) is 7.89. The SMILES string of the molecule is Nc1cc(F)c(-c2c(F)cccc2F)nc1C(=O)Nc1cnccc1[C@@H]1CCC[C@H](N)C1. The van der Waals surface area contributed by atoms with E-state index in [4.69, 9.17) is 11.5 Å². The van der Waals surface area contributed by atoms with Gasteiger partial charge in [0.05, 0.1) is 23.1 Å². The zero-order valence-corrected chi connectivity index (χ0v) is 17.1. The number of hydrogen-bond acceptors (Lipinski definition) is 5. The van der Waals surface area contributed by atoms with Crippen molar-refractivity contribution in [2.75, 3.05) is 11.1 Å². The summed E-state index contributed by atoms with van der Waals surface area (Å²) in [6.45, 7) is 0. The second kappa shape index (κ2) is 8.96. The number of hydrogen-bond donors (Lipinski definition) is 3. The molecule has 2 aromatic heterocycles. The van der Waals surface area contributed by atoms with E-state index >= 15 is 0 Å². The summed E-state index contributed by atoms with van der Waals surface area (Å²) in [4.78, 5) is 20.9. The number of nitrogens with zero attached hydrogens (tertiary/aromatic N) is 2. The summed E-state index contributed by atoms with van der Waals surface area (Å²) in [5.41, 5.74) is 11.4. The molecule has 1 aliphatic rings. The van der Waals surface area contributed by atoms with Gasteiger partial charge >= 0.3 is 0 Å². The lowest BCUT2D eigenvalue weighted by atomic mass is 9.81. The summed E-state index contributed by atoms with van der Waals surface area (Å²) in [5.74, 6) is -3.64. The fraction of sp³-hybridized carbons (Fsp3) is 0.261. The Balaban J connectivity index is 1.68. The minimum atomic E-state index is -1.04. The smallest absolute Gasteiger partial charge is 0.276 e. The predicted octanol–water partition coefficient (Wildman–Crippen LogP) is 4.38. The van der Waals surface area contributed by atoms with E-state index in [0.29, 0.717) is 5.69 Å². The van der Waals surface area contributed by atoms with Crippen LogP contribution in [0.5, 0.6) is 0 Å². The van der Waals surface area contributed by atoms with Gasteiger partial charge in [-0.05, 0) is 48.9 Å². The standard InChI is InChI=1S/C23H22F3N5O/c24-15-5-2-6-16(25)20(15)21-17(26)10-18(28)22(31-21)23(32)30-19-11-29-8-7-14(19)12-3-1-4-13(27)9-12/h2,5-8,10-13H,1,3-4,9,27-28H2,(H,30,32)/t12-,13+/m1/s1. The highest BCUT2D eigenvalue weighted by molar-refractivity contribution is 6.06. The van der Waals surface area contributed by atoms with Crippen LogP contribution in [0.25, 0.3) is 11.3 Å². The van der Waals surface area contributed by atoms with Gasteiger partial charge in [-0.1, -0.05) is 12.5 Å². The molecule has 1 amide bonds. The van der Waals surface area contributed by atoms with Crippen molar-refractivity contribution in [3.63, 3.8) is 0 Å². The van der Waals surface area contributed by atoms with Crippen LogP contribution in [-0.2, 0) is 0 Å². The summed E-state index contributed by atoms with van der Waals surface area (Å²) >= 11 is 0. The van der Waals surface area contributed by atoms with Gasteiger partial charge in [-0.25, -0.2) is 18.2 Å². The zero-order chi connectivity index (χ0) is 22.8. The lowest BCUT2D eigenvalue weighted by Gasteiger charge is -2.28. The molecule has 1 aromatic carbocycles. The molecule has 6 nitrogen and oxygen atoms in total. The number of amides is 1. The van der Waals surface area contributed by atoms with Crippen LogP contribution in [0.15, 0.2) is 42.7 Å². The van der Waals surface area contributed by atoms with Crippen molar-refractivity contribution in [2.24, 2.45) is 5.73 Å². The fourth-order valence-corrected chi connectivity index (χ4v) is 4.14. The maximum atomic E-state index is 14.5. The molecule has 1 saturated carbocycles. The first-order chi connectivity index (χ1) is 15.3. The van der Waals surface area contributed by atoms with Crippen LogP contribution in [-0.4, -0.2) is 21.9 Å². The number of anilines is 2. The Morgan fingerprint density at radius 1 is 1.09 bits per heavy atom. The Morgan fingerprint density at radius 2 is 1.84 bits per heavy atom. The molecular formula is C23H22F3N5O. The highest BCUT2D eigenvalue weighted by Gasteiger charge is 2.25. The van der Waals surface area contributed by atoms with Crippen LogP contribution in [0.1, 0.15) is 47.7 Å². The number of pyridine rings is 2. The fourth-order valence-electron chi connectivity index (χ4n) is 4.14. The van der Waals surface area contributed by atoms with Crippen LogP contribution in [0.4, 0.5) is 24.5 Å². The average Bonchev–Trinajstić information content (AvgIpc) is 2.75. The van der Waals surface area contributed by atoms with Crippen LogP contribution in [0.3, 0.4) is 0 Å². The van der Waals surface area contributed by atoms with Crippen LogP contribution in [0.2, 0.25) is 0 Å². The van der Waals surface area contributed by atoms with Gasteiger partial charge in [-0.15, -0.1) is 0 Å². The average molecular weight is 441 g/mol. The number of nitrogen functional groups attached to an aromatic ring is 1. The van der Waals surface area contributed by atoms with E-state index in [9.17, 15) is 18.0 Å². The summed E-state index contributed by atoms with van der Waals surface area (Å²) in [7, 11) is 0. The van der Waals surface area contributed by atoms with Crippen molar-refractivity contribution >= 4 is 17.3 Å². The lowest BCUT2D eigenvalue weighted by Crippen LogP contribution is -2.27. The summed E-state index contributed by atoms with van der Waals surface area (Å²) in [6, 6.07) is 5.84. The number of aromatic nitrogens is 2. The lowest BCUT2D eigenvalue weighted by molar-refractivity contribution is 0.102. The van der Waals surface area contributed by atoms with E-state index in [1.807, 2.05) is 6.07 Å². The highest BCUT2D eigenvalue weighted by atomic mass is 19.1. The van der Waals surface area contributed by atoms with E-state index in [1.54, 1.807) is 6.20 Å². The molecule has 0 bridgehead atoms. The van der Waals surface area contributed by atoms with Gasteiger partial charge in [-0.2, -0.15) is 0 Å². The molecule has 9 heteroatoms. The van der Waals surface area contributed by atoms with Crippen molar-refractivity contribution in [1.29, 1.82) is 0 Å². The first-order valence-electron chi connectivity index (χ1n) is 10.3. The topological polar surface area (TPSA) is 107 Å². The quantitative estimate of drug-likeness (QED) is 0.557. The molecule has 4 rings (SSSR count). The van der Waals surface area contributed by atoms with E-state index in [0.717, 1.165) is 55.5 Å². The molecule has 0 saturated heterocycles. The number of nitrogens with one attached hydrogen (secondary N) is 1. The van der Waals surface area contributed by atoms with Crippen molar-refractivity contribution in [2.45, 2.75) is 37.6 Å². The van der Waals surface area contributed by atoms with Crippen LogP contribution in [0, 0.1) is 17.5 Å². The molecule has 32 heavy (non-hydrogen) atoms. The zero-order valence-electron chi connectivity index (χ0n) is 17.1. The molecule has 1 fully saturated rings. The minimum absolute atomic E-state index is 0.0816.